The second-order valence-corrected chi connectivity index (χ2v) is 6.71. The molecule has 1 aliphatic heterocycles. The van der Waals surface area contributed by atoms with Gasteiger partial charge in [0.25, 0.3) is 0 Å². The first-order valence-corrected chi connectivity index (χ1v) is 8.47. The zero-order valence-electron chi connectivity index (χ0n) is 13.6. The Hall–Kier alpha value is -2.52. The molecule has 4 N–H and O–H groups in total. The fourth-order valence-corrected chi connectivity index (χ4v) is 3.86. The Morgan fingerprint density at radius 1 is 1.32 bits per heavy atom. The fraction of sp³-hybridized carbons (Fsp3) is 0.500. The van der Waals surface area contributed by atoms with E-state index in [9.17, 15) is 14.9 Å². The van der Waals surface area contributed by atoms with Gasteiger partial charge in [0.1, 0.15) is 11.9 Å². The van der Waals surface area contributed by atoms with E-state index < -0.39 is 12.1 Å². The Morgan fingerprint density at radius 3 is 2.96 bits per heavy atom. The smallest absolute Gasteiger partial charge is 0.239 e. The molecule has 9 nitrogen and oxygen atoms in total. The Morgan fingerprint density at radius 2 is 2.16 bits per heavy atom. The van der Waals surface area contributed by atoms with E-state index in [-0.39, 0.29) is 22.8 Å². The molecule has 1 amide bonds. The summed E-state index contributed by atoms with van der Waals surface area (Å²) in [6, 6.07) is 6.76. The van der Waals surface area contributed by atoms with Crippen LogP contribution in [0.5, 0.6) is 0 Å². The number of nitrogens with one attached hydrogen (secondary N) is 4. The highest BCUT2D eigenvalue weighted by molar-refractivity contribution is 5.82. The first-order chi connectivity index (χ1) is 12.1. The molecule has 1 aromatic carbocycles. The van der Waals surface area contributed by atoms with Crippen molar-refractivity contribution >= 4 is 16.9 Å². The molecule has 1 saturated heterocycles. The van der Waals surface area contributed by atoms with Gasteiger partial charge in [0.15, 0.2) is 0 Å². The van der Waals surface area contributed by atoms with E-state index >= 15 is 0 Å². The van der Waals surface area contributed by atoms with Crippen molar-refractivity contribution in [2.24, 2.45) is 5.92 Å². The highest BCUT2D eigenvalue weighted by Gasteiger charge is 2.46. The molecule has 0 spiro atoms. The van der Waals surface area contributed by atoms with Gasteiger partial charge in [-0.25, -0.2) is 10.4 Å². The van der Waals surface area contributed by atoms with E-state index in [1.165, 1.54) is 0 Å². The molecule has 2 fully saturated rings. The highest BCUT2D eigenvalue weighted by atomic mass is 16.6. The normalized spacial score (nSPS) is 28.6. The molecule has 1 aromatic heterocycles. The summed E-state index contributed by atoms with van der Waals surface area (Å²) in [4.78, 5) is 31.0. The first-order valence-electron chi connectivity index (χ1n) is 8.47. The van der Waals surface area contributed by atoms with Crippen LogP contribution in [0.4, 0.5) is 0 Å². The SMILES string of the molecule is O=C(NCc1nc2ccccc2[nH]1)C1NNC2CCC([N+](=O)[O-])CC21. The second kappa shape index (κ2) is 6.41. The van der Waals surface area contributed by atoms with Crippen LogP contribution in [0, 0.1) is 16.0 Å². The predicted octanol–water partition coefficient (Wildman–Crippen LogP) is 0.470. The molecule has 1 saturated carbocycles. The van der Waals surface area contributed by atoms with Crippen LogP contribution in [0.25, 0.3) is 11.0 Å². The van der Waals surface area contributed by atoms with Crippen LogP contribution in [-0.4, -0.2) is 38.9 Å². The van der Waals surface area contributed by atoms with E-state index in [1.807, 2.05) is 24.3 Å². The standard InChI is InChI=1S/C16H20N6O3/c23-16(17-8-14-18-12-3-1-2-4-13(12)19-14)15-10-7-9(22(24)25)5-6-11(10)20-21-15/h1-4,9-11,15,20-21H,5-8H2,(H,17,23)(H,18,19). The molecule has 2 aliphatic rings. The van der Waals surface area contributed by atoms with Crippen molar-refractivity contribution in [3.8, 4) is 0 Å². The minimum absolute atomic E-state index is 0.0696. The summed E-state index contributed by atoms with van der Waals surface area (Å²) < 4.78 is 0. The fourth-order valence-electron chi connectivity index (χ4n) is 3.86. The second-order valence-electron chi connectivity index (χ2n) is 6.71. The van der Waals surface area contributed by atoms with Gasteiger partial charge in [0.05, 0.1) is 17.6 Å². The number of aromatic amines is 1. The number of fused-ring (bicyclic) bond motifs is 2. The molecule has 4 atom stereocenters. The third-order valence-corrected chi connectivity index (χ3v) is 5.17. The minimum atomic E-state index is -0.561. The number of rotatable bonds is 4. The summed E-state index contributed by atoms with van der Waals surface area (Å²) in [6.07, 6.45) is 1.67. The van der Waals surface area contributed by atoms with E-state index in [0.717, 1.165) is 11.0 Å². The van der Waals surface area contributed by atoms with Crippen molar-refractivity contribution in [2.45, 2.75) is 43.9 Å². The monoisotopic (exact) mass is 344 g/mol. The molecule has 132 valence electrons. The molecule has 25 heavy (non-hydrogen) atoms. The number of carbonyl (C=O) groups is 1. The van der Waals surface area contributed by atoms with Crippen LogP contribution >= 0.6 is 0 Å². The lowest BCUT2D eigenvalue weighted by atomic mass is 9.79. The van der Waals surface area contributed by atoms with Crippen molar-refractivity contribution < 1.29 is 9.72 Å². The van der Waals surface area contributed by atoms with Gasteiger partial charge in [-0.05, 0) is 18.6 Å². The molecule has 1 aliphatic carbocycles. The van der Waals surface area contributed by atoms with Gasteiger partial charge >= 0.3 is 0 Å². The number of amides is 1. The molecule has 0 bridgehead atoms. The molecule has 2 heterocycles. The summed E-state index contributed by atoms with van der Waals surface area (Å²) >= 11 is 0. The van der Waals surface area contributed by atoms with Crippen LogP contribution in [0.15, 0.2) is 24.3 Å². The number of hydrogen-bond donors (Lipinski definition) is 4. The lowest BCUT2D eigenvalue weighted by Gasteiger charge is -2.28. The van der Waals surface area contributed by atoms with Crippen LogP contribution in [0.2, 0.25) is 0 Å². The summed E-state index contributed by atoms with van der Waals surface area (Å²) in [7, 11) is 0. The van der Waals surface area contributed by atoms with Gasteiger partial charge in [-0.2, -0.15) is 0 Å². The minimum Gasteiger partial charge on any atom is -0.347 e. The van der Waals surface area contributed by atoms with Gasteiger partial charge in [-0.3, -0.25) is 20.3 Å². The Kier molecular flexibility index (Phi) is 4.10. The Labute approximate surface area is 143 Å². The summed E-state index contributed by atoms with van der Waals surface area (Å²) in [6.45, 7) is 0.293. The maximum atomic E-state index is 12.5. The van der Waals surface area contributed by atoms with Gasteiger partial charge in [0, 0.05) is 29.7 Å². The van der Waals surface area contributed by atoms with Gasteiger partial charge in [-0.15, -0.1) is 0 Å². The number of hydrazine groups is 1. The number of para-hydroxylation sites is 2. The number of H-pyrrole nitrogens is 1. The molecule has 9 heteroatoms. The third-order valence-electron chi connectivity index (χ3n) is 5.17. The number of carbonyl (C=O) groups excluding carboxylic acids is 1. The molecule has 4 rings (SSSR count). The number of aromatic nitrogens is 2. The zero-order valence-corrected chi connectivity index (χ0v) is 13.6. The quantitative estimate of drug-likeness (QED) is 0.472. The third kappa shape index (κ3) is 3.08. The zero-order chi connectivity index (χ0) is 17.4. The topological polar surface area (TPSA) is 125 Å². The van der Waals surface area contributed by atoms with Crippen molar-refractivity contribution in [3.05, 3.63) is 40.2 Å². The van der Waals surface area contributed by atoms with E-state index in [2.05, 4.69) is 26.1 Å². The number of nitro groups is 1. The van der Waals surface area contributed by atoms with Crippen LogP contribution in [0.3, 0.4) is 0 Å². The summed E-state index contributed by atoms with van der Waals surface area (Å²) in [5.74, 6) is 0.452. The van der Waals surface area contributed by atoms with Gasteiger partial charge in [-0.1, -0.05) is 12.1 Å². The number of benzene rings is 1. The van der Waals surface area contributed by atoms with Crippen LogP contribution < -0.4 is 16.2 Å². The summed E-state index contributed by atoms with van der Waals surface area (Å²) in [5.41, 5.74) is 7.90. The first kappa shape index (κ1) is 16.0. The van der Waals surface area contributed by atoms with Crippen LogP contribution in [-0.2, 0) is 11.3 Å². The van der Waals surface area contributed by atoms with Gasteiger partial charge in [0.2, 0.25) is 11.9 Å². The molecular formula is C16H20N6O3. The highest BCUT2D eigenvalue weighted by Crippen LogP contribution is 2.31. The molecule has 4 unspecified atom stereocenters. The Bertz CT molecular complexity index is 773. The van der Waals surface area contributed by atoms with Crippen molar-refractivity contribution in [2.75, 3.05) is 0 Å². The van der Waals surface area contributed by atoms with E-state index in [4.69, 9.17) is 0 Å². The summed E-state index contributed by atoms with van der Waals surface area (Å²) in [5, 5.41) is 13.9. The predicted molar refractivity (Wildman–Crippen MR) is 89.9 cm³/mol. The molecule has 0 radical (unpaired) electrons. The molecule has 2 aromatic rings. The average Bonchev–Trinajstić information content (AvgIpc) is 3.22. The van der Waals surface area contributed by atoms with Crippen molar-refractivity contribution in [1.82, 2.24) is 26.1 Å². The van der Waals surface area contributed by atoms with E-state index in [0.29, 0.717) is 31.6 Å². The van der Waals surface area contributed by atoms with Crippen molar-refractivity contribution in [1.29, 1.82) is 0 Å². The maximum Gasteiger partial charge on any atom is 0.239 e. The number of imidazole rings is 1. The van der Waals surface area contributed by atoms with Crippen molar-refractivity contribution in [3.63, 3.8) is 0 Å². The maximum absolute atomic E-state index is 12.5. The number of hydrogen-bond acceptors (Lipinski definition) is 6. The largest absolute Gasteiger partial charge is 0.347 e. The lowest BCUT2D eigenvalue weighted by Crippen LogP contribution is -2.47. The molecular weight excluding hydrogens is 324 g/mol. The van der Waals surface area contributed by atoms with Gasteiger partial charge < -0.3 is 10.3 Å². The average molecular weight is 344 g/mol. The van der Waals surface area contributed by atoms with E-state index in [1.54, 1.807) is 0 Å². The Balaban J connectivity index is 1.39. The lowest BCUT2D eigenvalue weighted by molar-refractivity contribution is -0.528. The van der Waals surface area contributed by atoms with Crippen LogP contribution in [0.1, 0.15) is 25.1 Å². The number of nitrogens with zero attached hydrogens (tertiary/aromatic N) is 2.